The van der Waals surface area contributed by atoms with Crippen molar-refractivity contribution < 1.29 is 4.79 Å². The zero-order chi connectivity index (χ0) is 27.5. The van der Waals surface area contributed by atoms with Crippen LogP contribution in [0.2, 0.25) is 0 Å². The van der Waals surface area contributed by atoms with E-state index in [2.05, 4.69) is 75.9 Å². The van der Waals surface area contributed by atoms with Crippen LogP contribution in [0.1, 0.15) is 52.4 Å². The van der Waals surface area contributed by atoms with Crippen molar-refractivity contribution in [2.24, 2.45) is 0 Å². The molecule has 1 aliphatic carbocycles. The summed E-state index contributed by atoms with van der Waals surface area (Å²) in [5, 5.41) is 13.0. The zero-order valence-corrected chi connectivity index (χ0v) is 23.5. The number of aromatic nitrogens is 3. The Morgan fingerprint density at radius 1 is 0.950 bits per heavy atom. The van der Waals surface area contributed by atoms with Gasteiger partial charge in [0.2, 0.25) is 0 Å². The lowest BCUT2D eigenvalue weighted by Crippen LogP contribution is -2.30. The molecule has 2 aromatic heterocycles. The van der Waals surface area contributed by atoms with Crippen LogP contribution in [0.15, 0.2) is 66.9 Å². The minimum Gasteiger partial charge on any atom is -0.318 e. The fourth-order valence-electron chi connectivity index (χ4n) is 6.03. The number of Topliss-reactive ketones (excluding diaryl/α,β-unsaturated/α-hetero) is 1. The molecule has 0 radical (unpaired) electrons. The van der Waals surface area contributed by atoms with Crippen molar-refractivity contribution in [1.82, 2.24) is 25.4 Å². The number of likely N-dealkylation sites (N-methyl/N-ethyl adjacent to an activating group) is 2. The van der Waals surface area contributed by atoms with Gasteiger partial charge < -0.3 is 5.32 Å². The van der Waals surface area contributed by atoms with Gasteiger partial charge in [-0.1, -0.05) is 55.5 Å². The van der Waals surface area contributed by atoms with E-state index >= 15 is 0 Å². The molecule has 6 nitrogen and oxygen atoms in total. The third-order valence-corrected chi connectivity index (χ3v) is 8.29. The predicted molar refractivity (Wildman–Crippen MR) is 163 cm³/mol. The lowest BCUT2D eigenvalue weighted by atomic mass is 9.85. The Bertz CT molecular complexity index is 1640. The molecule has 40 heavy (non-hydrogen) atoms. The molecule has 0 unspecified atom stereocenters. The molecule has 1 aliphatic rings. The van der Waals surface area contributed by atoms with Gasteiger partial charge in [-0.25, -0.2) is 4.98 Å². The Labute approximate surface area is 235 Å². The molecule has 0 bridgehead atoms. The number of H-pyrrole nitrogens is 1. The van der Waals surface area contributed by atoms with Crippen molar-refractivity contribution in [3.8, 4) is 11.3 Å². The Morgan fingerprint density at radius 2 is 1.70 bits per heavy atom. The zero-order valence-electron chi connectivity index (χ0n) is 23.5. The molecular weight excluding hydrogens is 494 g/mol. The Kier molecular flexibility index (Phi) is 7.71. The number of aryl methyl sites for hydroxylation is 1. The van der Waals surface area contributed by atoms with E-state index in [9.17, 15) is 4.79 Å². The van der Waals surface area contributed by atoms with Crippen LogP contribution in [-0.2, 0) is 25.8 Å². The molecule has 0 atom stereocenters. The molecule has 3 aromatic carbocycles. The van der Waals surface area contributed by atoms with Crippen molar-refractivity contribution >= 4 is 27.6 Å². The van der Waals surface area contributed by atoms with Gasteiger partial charge in [-0.2, -0.15) is 5.10 Å². The lowest BCUT2D eigenvalue weighted by Gasteiger charge is -2.22. The number of benzene rings is 3. The molecule has 0 aliphatic heterocycles. The van der Waals surface area contributed by atoms with Crippen LogP contribution < -0.4 is 5.32 Å². The summed E-state index contributed by atoms with van der Waals surface area (Å²) >= 11 is 0. The molecule has 204 valence electrons. The summed E-state index contributed by atoms with van der Waals surface area (Å²) in [6, 6.07) is 20.7. The number of nitrogens with zero attached hydrogens (tertiary/aromatic N) is 3. The number of hydrogen-bond donors (Lipinski definition) is 2. The van der Waals surface area contributed by atoms with Crippen LogP contribution in [0.3, 0.4) is 0 Å². The van der Waals surface area contributed by atoms with E-state index in [4.69, 9.17) is 4.98 Å². The van der Waals surface area contributed by atoms with E-state index in [0.717, 1.165) is 77.8 Å². The Hall–Kier alpha value is -3.87. The summed E-state index contributed by atoms with van der Waals surface area (Å²) in [4.78, 5) is 20.6. The first-order valence-electron chi connectivity index (χ1n) is 14.5. The van der Waals surface area contributed by atoms with Gasteiger partial charge in [-0.3, -0.25) is 14.8 Å². The Balaban J connectivity index is 1.20. The van der Waals surface area contributed by atoms with E-state index < -0.39 is 0 Å². The highest BCUT2D eigenvalue weighted by Crippen LogP contribution is 2.37. The standard InChI is InChI=1S/C34H37N5O/c1-3-39(19-18-35-2)22-24-10-12-25(13-11-24)32(40)20-23-8-14-26(15-9-23)34-28-7-5-4-6-27(28)33-29-21-36-38-30(29)16-17-31(33)37-34/h8-17,21,35H,3-7,18-20,22H2,1-2H3,(H,36,38). The smallest absolute Gasteiger partial charge is 0.167 e. The summed E-state index contributed by atoms with van der Waals surface area (Å²) in [6.45, 7) is 6.06. The molecule has 0 amide bonds. The molecular formula is C34H37N5O. The first kappa shape index (κ1) is 26.4. The van der Waals surface area contributed by atoms with Crippen molar-refractivity contribution in [2.45, 2.75) is 45.6 Å². The number of hydrogen-bond acceptors (Lipinski definition) is 5. The summed E-state index contributed by atoms with van der Waals surface area (Å²) in [6.07, 6.45) is 6.83. The van der Waals surface area contributed by atoms with Crippen molar-refractivity contribution in [2.75, 3.05) is 26.7 Å². The number of carbonyl (C=O) groups excluding carboxylic acids is 1. The highest BCUT2D eigenvalue weighted by Gasteiger charge is 2.21. The third kappa shape index (κ3) is 5.29. The third-order valence-electron chi connectivity index (χ3n) is 8.29. The van der Waals surface area contributed by atoms with Gasteiger partial charge in [-0.15, -0.1) is 0 Å². The van der Waals surface area contributed by atoms with Gasteiger partial charge in [0, 0.05) is 48.0 Å². The van der Waals surface area contributed by atoms with Gasteiger partial charge in [0.25, 0.3) is 0 Å². The molecule has 0 saturated heterocycles. The van der Waals surface area contributed by atoms with E-state index in [-0.39, 0.29) is 5.78 Å². The van der Waals surface area contributed by atoms with E-state index in [1.165, 1.54) is 34.9 Å². The summed E-state index contributed by atoms with van der Waals surface area (Å²) in [5.74, 6) is 0.146. The number of carbonyl (C=O) groups is 1. The monoisotopic (exact) mass is 531 g/mol. The Morgan fingerprint density at radius 3 is 2.45 bits per heavy atom. The number of aromatic amines is 1. The second-order valence-corrected chi connectivity index (χ2v) is 10.9. The maximum atomic E-state index is 13.1. The van der Waals surface area contributed by atoms with E-state index in [1.807, 2.05) is 25.4 Å². The highest BCUT2D eigenvalue weighted by atomic mass is 16.1. The molecule has 0 fully saturated rings. The molecule has 0 saturated carbocycles. The number of ketones is 1. The SMILES string of the molecule is CCN(CCNC)Cc1ccc(C(=O)Cc2ccc(-c3nc4ccc5[nH]ncc5c4c4c3CCCC4)cc2)cc1. The predicted octanol–water partition coefficient (Wildman–Crippen LogP) is 6.12. The number of rotatable bonds is 10. The maximum absolute atomic E-state index is 13.1. The minimum atomic E-state index is 0.146. The van der Waals surface area contributed by atoms with Crippen molar-refractivity contribution in [3.05, 3.63) is 94.7 Å². The van der Waals surface area contributed by atoms with Crippen LogP contribution in [0.25, 0.3) is 33.1 Å². The molecule has 2 N–H and O–H groups in total. The van der Waals surface area contributed by atoms with E-state index in [1.54, 1.807) is 0 Å². The molecule has 5 aromatic rings. The van der Waals surface area contributed by atoms with Gasteiger partial charge in [-0.05, 0) is 73.7 Å². The summed E-state index contributed by atoms with van der Waals surface area (Å²) in [7, 11) is 1.98. The fraction of sp³-hybridized carbons (Fsp3) is 0.324. The first-order chi connectivity index (χ1) is 19.6. The second kappa shape index (κ2) is 11.7. The van der Waals surface area contributed by atoms with Crippen molar-refractivity contribution in [1.29, 1.82) is 0 Å². The average Bonchev–Trinajstić information content (AvgIpc) is 3.48. The van der Waals surface area contributed by atoms with Gasteiger partial charge in [0.1, 0.15) is 0 Å². The average molecular weight is 532 g/mol. The molecule has 0 spiro atoms. The quantitative estimate of drug-likeness (QED) is 0.212. The summed E-state index contributed by atoms with van der Waals surface area (Å²) < 4.78 is 0. The largest absolute Gasteiger partial charge is 0.318 e. The van der Waals surface area contributed by atoms with E-state index in [0.29, 0.717) is 6.42 Å². The molecule has 6 heteroatoms. The van der Waals surface area contributed by atoms with Crippen LogP contribution in [0, 0.1) is 0 Å². The van der Waals surface area contributed by atoms with Crippen molar-refractivity contribution in [3.63, 3.8) is 0 Å². The summed E-state index contributed by atoms with van der Waals surface area (Å²) in [5.41, 5.74) is 10.1. The molecule has 2 heterocycles. The lowest BCUT2D eigenvalue weighted by molar-refractivity contribution is 0.0993. The van der Waals surface area contributed by atoms with Gasteiger partial charge in [0.15, 0.2) is 5.78 Å². The van der Waals surface area contributed by atoms with Crippen LogP contribution in [-0.4, -0.2) is 52.5 Å². The number of pyridine rings is 1. The van der Waals surface area contributed by atoms with Gasteiger partial charge >= 0.3 is 0 Å². The topological polar surface area (TPSA) is 73.9 Å². The van der Waals surface area contributed by atoms with Crippen LogP contribution >= 0.6 is 0 Å². The second-order valence-electron chi connectivity index (χ2n) is 10.9. The van der Waals surface area contributed by atoms with Crippen LogP contribution in [0.5, 0.6) is 0 Å². The normalized spacial score (nSPS) is 13.3. The van der Waals surface area contributed by atoms with Gasteiger partial charge in [0.05, 0.1) is 22.9 Å². The number of fused-ring (bicyclic) bond motifs is 5. The number of nitrogens with one attached hydrogen (secondary N) is 2. The maximum Gasteiger partial charge on any atom is 0.167 e. The minimum absolute atomic E-state index is 0.146. The fourth-order valence-corrected chi connectivity index (χ4v) is 6.03. The molecule has 6 rings (SSSR count). The van der Waals surface area contributed by atoms with Crippen LogP contribution in [0.4, 0.5) is 0 Å². The highest BCUT2D eigenvalue weighted by molar-refractivity contribution is 6.07. The first-order valence-corrected chi connectivity index (χ1v) is 14.5.